The Morgan fingerprint density at radius 3 is 2.52 bits per heavy atom. The van der Waals surface area contributed by atoms with Crippen LogP contribution in [0.1, 0.15) is 12.0 Å². The maximum atomic E-state index is 6.01. The minimum Gasteiger partial charge on any atom is -0.486 e. The molecule has 0 aromatic heterocycles. The van der Waals surface area contributed by atoms with E-state index in [2.05, 4.69) is 29.7 Å². The zero-order chi connectivity index (χ0) is 14.5. The van der Waals surface area contributed by atoms with Crippen molar-refractivity contribution in [2.24, 2.45) is 5.84 Å². The quantitative estimate of drug-likeness (QED) is 0.653. The van der Waals surface area contributed by atoms with Crippen LogP contribution in [0.15, 0.2) is 54.6 Å². The second-order valence-electron chi connectivity index (χ2n) is 5.21. The van der Waals surface area contributed by atoms with Crippen molar-refractivity contribution in [2.75, 3.05) is 6.61 Å². The van der Waals surface area contributed by atoms with Gasteiger partial charge in [-0.3, -0.25) is 11.3 Å². The molecule has 4 nitrogen and oxygen atoms in total. The molecule has 0 amide bonds. The van der Waals surface area contributed by atoms with Crippen molar-refractivity contribution in [3.63, 3.8) is 0 Å². The van der Waals surface area contributed by atoms with Gasteiger partial charge < -0.3 is 9.47 Å². The van der Waals surface area contributed by atoms with E-state index in [1.165, 1.54) is 5.56 Å². The van der Waals surface area contributed by atoms with Gasteiger partial charge in [-0.15, -0.1) is 0 Å². The van der Waals surface area contributed by atoms with Crippen molar-refractivity contribution in [2.45, 2.75) is 25.0 Å². The average molecular weight is 284 g/mol. The van der Waals surface area contributed by atoms with Crippen molar-refractivity contribution >= 4 is 0 Å². The lowest BCUT2D eigenvalue weighted by Gasteiger charge is -2.31. The molecule has 0 bridgehead atoms. The summed E-state index contributed by atoms with van der Waals surface area (Å²) in [5.41, 5.74) is 4.17. The second kappa shape index (κ2) is 6.61. The van der Waals surface area contributed by atoms with Crippen LogP contribution in [0.25, 0.3) is 0 Å². The molecule has 0 fully saturated rings. The fourth-order valence-electron chi connectivity index (χ4n) is 2.58. The molecule has 2 aromatic rings. The van der Waals surface area contributed by atoms with E-state index in [1.54, 1.807) is 0 Å². The van der Waals surface area contributed by atoms with Crippen molar-refractivity contribution in [1.29, 1.82) is 0 Å². The predicted molar refractivity (Wildman–Crippen MR) is 82.2 cm³/mol. The molecule has 1 aliphatic rings. The number of benzene rings is 2. The van der Waals surface area contributed by atoms with Gasteiger partial charge in [0.1, 0.15) is 12.7 Å². The number of hydrogen-bond donors (Lipinski definition) is 2. The zero-order valence-electron chi connectivity index (χ0n) is 11.9. The highest BCUT2D eigenvalue weighted by Gasteiger charge is 2.27. The molecule has 0 aliphatic carbocycles. The first-order valence-corrected chi connectivity index (χ1v) is 7.25. The average Bonchev–Trinajstić information content (AvgIpc) is 2.56. The number of aryl methyl sites for hydroxylation is 1. The number of para-hydroxylation sites is 2. The number of fused-ring (bicyclic) bond motifs is 1. The Hall–Kier alpha value is -2.04. The monoisotopic (exact) mass is 284 g/mol. The summed E-state index contributed by atoms with van der Waals surface area (Å²) in [6, 6.07) is 18.2. The van der Waals surface area contributed by atoms with Crippen LogP contribution in [-0.4, -0.2) is 18.8 Å². The minimum atomic E-state index is -0.0754. The zero-order valence-corrected chi connectivity index (χ0v) is 11.9. The largest absolute Gasteiger partial charge is 0.486 e. The van der Waals surface area contributed by atoms with Crippen molar-refractivity contribution in [3.05, 3.63) is 60.2 Å². The number of nitrogens with two attached hydrogens (primary N) is 1. The predicted octanol–water partition coefficient (Wildman–Crippen LogP) is 2.29. The summed E-state index contributed by atoms with van der Waals surface area (Å²) in [7, 11) is 0. The van der Waals surface area contributed by atoms with Crippen LogP contribution < -0.4 is 20.7 Å². The third-order valence-corrected chi connectivity index (χ3v) is 3.78. The van der Waals surface area contributed by atoms with Gasteiger partial charge in [-0.2, -0.15) is 0 Å². The van der Waals surface area contributed by atoms with E-state index in [0.29, 0.717) is 6.61 Å². The molecule has 1 aliphatic heterocycles. The van der Waals surface area contributed by atoms with E-state index in [0.717, 1.165) is 24.3 Å². The fraction of sp³-hybridized carbons (Fsp3) is 0.294. The highest BCUT2D eigenvalue weighted by molar-refractivity contribution is 5.40. The third kappa shape index (κ3) is 3.35. The van der Waals surface area contributed by atoms with Gasteiger partial charge in [0.2, 0.25) is 0 Å². The van der Waals surface area contributed by atoms with Crippen LogP contribution in [0.5, 0.6) is 11.5 Å². The molecular weight excluding hydrogens is 264 g/mol. The number of hydrazine groups is 1. The summed E-state index contributed by atoms with van der Waals surface area (Å²) >= 11 is 0. The molecule has 0 saturated heterocycles. The van der Waals surface area contributed by atoms with Gasteiger partial charge >= 0.3 is 0 Å². The Labute approximate surface area is 124 Å². The van der Waals surface area contributed by atoms with E-state index in [1.807, 2.05) is 30.3 Å². The lowest BCUT2D eigenvalue weighted by molar-refractivity contribution is 0.0596. The lowest BCUT2D eigenvalue weighted by atomic mass is 10.0. The highest BCUT2D eigenvalue weighted by Crippen LogP contribution is 2.32. The molecule has 0 spiro atoms. The van der Waals surface area contributed by atoms with E-state index in [4.69, 9.17) is 15.3 Å². The van der Waals surface area contributed by atoms with Gasteiger partial charge in [0.15, 0.2) is 11.5 Å². The third-order valence-electron chi connectivity index (χ3n) is 3.78. The van der Waals surface area contributed by atoms with Crippen molar-refractivity contribution in [1.82, 2.24) is 5.43 Å². The number of hydrogen-bond acceptors (Lipinski definition) is 4. The van der Waals surface area contributed by atoms with Gasteiger partial charge in [0.25, 0.3) is 0 Å². The lowest BCUT2D eigenvalue weighted by Crippen LogP contribution is -2.50. The maximum absolute atomic E-state index is 6.01. The van der Waals surface area contributed by atoms with Crippen LogP contribution in [0.2, 0.25) is 0 Å². The molecule has 0 radical (unpaired) electrons. The van der Waals surface area contributed by atoms with Crippen molar-refractivity contribution in [3.8, 4) is 11.5 Å². The summed E-state index contributed by atoms with van der Waals surface area (Å²) in [6.45, 7) is 0.515. The van der Waals surface area contributed by atoms with Crippen LogP contribution in [-0.2, 0) is 6.42 Å². The number of ether oxygens (including phenoxy) is 2. The maximum Gasteiger partial charge on any atom is 0.161 e. The molecule has 0 saturated carbocycles. The summed E-state index contributed by atoms with van der Waals surface area (Å²) in [4.78, 5) is 0. The standard InChI is InChI=1S/C17H20N2O2/c18-19-14(11-10-13-6-2-1-3-7-13)17-12-20-15-8-4-5-9-16(15)21-17/h1-9,14,17,19H,10-12,18H2. The molecule has 21 heavy (non-hydrogen) atoms. The molecule has 3 N–H and O–H groups in total. The van der Waals surface area contributed by atoms with E-state index in [-0.39, 0.29) is 12.1 Å². The molecule has 3 rings (SSSR count). The fourth-order valence-corrected chi connectivity index (χ4v) is 2.58. The van der Waals surface area contributed by atoms with Gasteiger partial charge in [-0.05, 0) is 30.5 Å². The van der Waals surface area contributed by atoms with Crippen LogP contribution in [0.3, 0.4) is 0 Å². The van der Waals surface area contributed by atoms with Crippen LogP contribution in [0, 0.1) is 0 Å². The molecular formula is C17H20N2O2. The summed E-state index contributed by atoms with van der Waals surface area (Å²) in [6.07, 6.45) is 1.78. The molecule has 4 heteroatoms. The summed E-state index contributed by atoms with van der Waals surface area (Å²) in [5.74, 6) is 7.29. The van der Waals surface area contributed by atoms with E-state index in [9.17, 15) is 0 Å². The molecule has 2 atom stereocenters. The smallest absolute Gasteiger partial charge is 0.161 e. The van der Waals surface area contributed by atoms with Crippen LogP contribution >= 0.6 is 0 Å². The van der Waals surface area contributed by atoms with Crippen LogP contribution in [0.4, 0.5) is 0 Å². The Balaban J connectivity index is 1.62. The Kier molecular flexibility index (Phi) is 4.38. The molecule has 2 unspecified atom stereocenters. The highest BCUT2D eigenvalue weighted by atomic mass is 16.6. The Morgan fingerprint density at radius 1 is 1.05 bits per heavy atom. The first-order valence-electron chi connectivity index (χ1n) is 7.25. The summed E-state index contributed by atoms with van der Waals surface area (Å²) in [5, 5.41) is 0. The normalized spacial score (nSPS) is 18.2. The van der Waals surface area contributed by atoms with Crippen molar-refractivity contribution < 1.29 is 9.47 Å². The first-order chi connectivity index (χ1) is 10.4. The van der Waals surface area contributed by atoms with Gasteiger partial charge in [-0.25, -0.2) is 0 Å². The molecule has 110 valence electrons. The SMILES string of the molecule is NNC(CCc1ccccc1)C1COc2ccccc2O1. The summed E-state index contributed by atoms with van der Waals surface area (Å²) < 4.78 is 11.8. The molecule has 1 heterocycles. The molecule has 2 aromatic carbocycles. The van der Waals surface area contributed by atoms with E-state index >= 15 is 0 Å². The van der Waals surface area contributed by atoms with Gasteiger partial charge in [0, 0.05) is 0 Å². The Bertz CT molecular complexity index is 574. The second-order valence-corrected chi connectivity index (χ2v) is 5.21. The number of nitrogens with one attached hydrogen (secondary N) is 1. The minimum absolute atomic E-state index is 0.0542. The first kappa shape index (κ1) is 13.9. The van der Waals surface area contributed by atoms with E-state index < -0.39 is 0 Å². The van der Waals surface area contributed by atoms with Gasteiger partial charge in [-0.1, -0.05) is 42.5 Å². The Morgan fingerprint density at radius 2 is 1.76 bits per heavy atom. The topological polar surface area (TPSA) is 56.5 Å². The number of rotatable bonds is 5. The van der Waals surface area contributed by atoms with Gasteiger partial charge in [0.05, 0.1) is 6.04 Å².